The Labute approximate surface area is 144 Å². The second kappa shape index (κ2) is 9.06. The third kappa shape index (κ3) is 4.82. The first-order chi connectivity index (χ1) is 11.6. The van der Waals surface area contributed by atoms with E-state index in [1.165, 1.54) is 12.8 Å². The Hall–Kier alpha value is -2.36. The van der Waals surface area contributed by atoms with Gasteiger partial charge in [0.25, 0.3) is 5.91 Å². The first-order valence-electron chi connectivity index (χ1n) is 8.60. The predicted molar refractivity (Wildman–Crippen MR) is 97.6 cm³/mol. The first kappa shape index (κ1) is 18.0. The largest absolute Gasteiger partial charge is 0.494 e. The van der Waals surface area contributed by atoms with Crippen molar-refractivity contribution in [3.63, 3.8) is 0 Å². The summed E-state index contributed by atoms with van der Waals surface area (Å²) in [5, 5.41) is 0. The zero-order valence-corrected chi connectivity index (χ0v) is 14.7. The lowest BCUT2D eigenvalue weighted by Crippen LogP contribution is -2.37. The van der Waals surface area contributed by atoms with E-state index < -0.39 is 0 Å². The average Bonchev–Trinajstić information content (AvgIpc) is 2.60. The van der Waals surface area contributed by atoms with Crippen LogP contribution in [0.3, 0.4) is 0 Å². The van der Waals surface area contributed by atoms with E-state index in [-0.39, 0.29) is 11.9 Å². The Bertz CT molecular complexity index is 624. The van der Waals surface area contributed by atoms with E-state index >= 15 is 0 Å². The van der Waals surface area contributed by atoms with Gasteiger partial charge in [-0.3, -0.25) is 9.78 Å². The molecule has 0 aliphatic heterocycles. The van der Waals surface area contributed by atoms with Gasteiger partial charge in [-0.15, -0.1) is 0 Å². The van der Waals surface area contributed by atoms with Gasteiger partial charge in [0, 0.05) is 17.8 Å². The highest BCUT2D eigenvalue weighted by Crippen LogP contribution is 2.20. The Kier molecular flexibility index (Phi) is 6.79. The molecule has 0 unspecified atom stereocenters. The monoisotopic (exact) mass is 326 g/mol. The third-order valence-corrected chi connectivity index (χ3v) is 3.78. The average molecular weight is 326 g/mol. The molecule has 0 fully saturated rings. The molecule has 1 aromatic heterocycles. The SMILES string of the molecule is CCCCCOc1ccc(C(=O)N(c2cccnc2)C(C)C)cc1. The molecule has 0 bridgehead atoms. The van der Waals surface area contributed by atoms with Crippen molar-refractivity contribution in [2.24, 2.45) is 0 Å². The fourth-order valence-electron chi connectivity index (χ4n) is 2.52. The van der Waals surface area contributed by atoms with Crippen LogP contribution in [-0.4, -0.2) is 23.5 Å². The van der Waals surface area contributed by atoms with Crippen molar-refractivity contribution in [2.45, 2.75) is 46.1 Å². The molecule has 0 aliphatic rings. The molecule has 0 spiro atoms. The summed E-state index contributed by atoms with van der Waals surface area (Å²) in [6, 6.07) is 11.2. The van der Waals surface area contributed by atoms with Crippen LogP contribution in [0.2, 0.25) is 0 Å². The lowest BCUT2D eigenvalue weighted by atomic mass is 10.1. The van der Waals surface area contributed by atoms with Gasteiger partial charge < -0.3 is 9.64 Å². The molecule has 4 heteroatoms. The van der Waals surface area contributed by atoms with Crippen molar-refractivity contribution in [1.82, 2.24) is 4.98 Å². The number of pyridine rings is 1. The summed E-state index contributed by atoms with van der Waals surface area (Å²) in [5.74, 6) is 0.774. The van der Waals surface area contributed by atoms with Crippen LogP contribution in [0.4, 0.5) is 5.69 Å². The van der Waals surface area contributed by atoms with Crippen LogP contribution in [0.5, 0.6) is 5.75 Å². The Balaban J connectivity index is 2.07. The summed E-state index contributed by atoms with van der Waals surface area (Å²) in [6.07, 6.45) is 6.82. The van der Waals surface area contributed by atoms with Crippen LogP contribution in [0.1, 0.15) is 50.4 Å². The fourth-order valence-corrected chi connectivity index (χ4v) is 2.52. The van der Waals surface area contributed by atoms with Gasteiger partial charge >= 0.3 is 0 Å². The van der Waals surface area contributed by atoms with Crippen LogP contribution in [-0.2, 0) is 0 Å². The molecule has 2 aromatic rings. The molecule has 1 amide bonds. The molecule has 0 atom stereocenters. The van der Waals surface area contributed by atoms with Crippen LogP contribution in [0, 0.1) is 0 Å². The molecular formula is C20H26N2O2. The number of hydrogen-bond donors (Lipinski definition) is 0. The van der Waals surface area contributed by atoms with Crippen molar-refractivity contribution in [3.8, 4) is 5.75 Å². The van der Waals surface area contributed by atoms with Crippen molar-refractivity contribution in [1.29, 1.82) is 0 Å². The quantitative estimate of drug-likeness (QED) is 0.660. The number of carbonyl (C=O) groups is 1. The number of hydrogen-bond acceptors (Lipinski definition) is 3. The topological polar surface area (TPSA) is 42.4 Å². The second-order valence-corrected chi connectivity index (χ2v) is 6.06. The summed E-state index contributed by atoms with van der Waals surface area (Å²) in [4.78, 5) is 18.7. The highest BCUT2D eigenvalue weighted by atomic mass is 16.5. The van der Waals surface area contributed by atoms with Crippen molar-refractivity contribution in [2.75, 3.05) is 11.5 Å². The van der Waals surface area contributed by atoms with Crippen molar-refractivity contribution in [3.05, 3.63) is 54.4 Å². The van der Waals surface area contributed by atoms with Crippen molar-refractivity contribution >= 4 is 11.6 Å². The van der Waals surface area contributed by atoms with Gasteiger partial charge in [-0.1, -0.05) is 19.8 Å². The van der Waals surface area contributed by atoms with E-state index in [4.69, 9.17) is 4.74 Å². The van der Waals surface area contributed by atoms with Crippen LogP contribution >= 0.6 is 0 Å². The molecule has 4 nitrogen and oxygen atoms in total. The van der Waals surface area contributed by atoms with Gasteiger partial charge in [0.2, 0.25) is 0 Å². The number of carbonyl (C=O) groups excluding carboxylic acids is 1. The van der Waals surface area contributed by atoms with Gasteiger partial charge in [-0.25, -0.2) is 0 Å². The number of amides is 1. The third-order valence-electron chi connectivity index (χ3n) is 3.78. The Morgan fingerprint density at radius 2 is 1.92 bits per heavy atom. The molecule has 128 valence electrons. The van der Waals surface area contributed by atoms with E-state index in [9.17, 15) is 4.79 Å². The highest BCUT2D eigenvalue weighted by molar-refractivity contribution is 6.06. The summed E-state index contributed by atoms with van der Waals surface area (Å²) < 4.78 is 5.70. The van der Waals surface area contributed by atoms with Gasteiger partial charge in [-0.05, 0) is 56.7 Å². The molecule has 1 aromatic carbocycles. The van der Waals surface area contributed by atoms with E-state index in [0.29, 0.717) is 5.56 Å². The van der Waals surface area contributed by atoms with Crippen molar-refractivity contribution < 1.29 is 9.53 Å². The molecule has 1 heterocycles. The molecule has 0 N–H and O–H groups in total. The number of benzene rings is 1. The highest BCUT2D eigenvalue weighted by Gasteiger charge is 2.20. The van der Waals surface area contributed by atoms with Gasteiger partial charge in [0.05, 0.1) is 18.5 Å². The maximum Gasteiger partial charge on any atom is 0.258 e. The molecule has 24 heavy (non-hydrogen) atoms. The summed E-state index contributed by atoms with van der Waals surface area (Å²) in [6.45, 7) is 6.88. The molecule has 0 saturated heterocycles. The zero-order chi connectivity index (χ0) is 17.4. The number of unbranched alkanes of at least 4 members (excludes halogenated alkanes) is 2. The standard InChI is InChI=1S/C20H26N2O2/c1-4-5-6-14-24-19-11-9-17(10-12-19)20(23)22(16(2)3)18-8-7-13-21-15-18/h7-13,15-16H,4-6,14H2,1-3H3. The minimum absolute atomic E-state index is 0.0319. The molecule has 0 radical (unpaired) electrons. The van der Waals surface area contributed by atoms with Crippen LogP contribution in [0.15, 0.2) is 48.8 Å². The minimum atomic E-state index is -0.0319. The minimum Gasteiger partial charge on any atom is -0.494 e. The maximum atomic E-state index is 12.9. The number of nitrogens with zero attached hydrogens (tertiary/aromatic N) is 2. The maximum absolute atomic E-state index is 12.9. The number of rotatable bonds is 8. The molecular weight excluding hydrogens is 300 g/mol. The Morgan fingerprint density at radius 1 is 1.17 bits per heavy atom. The second-order valence-electron chi connectivity index (χ2n) is 6.06. The van der Waals surface area contributed by atoms with E-state index in [1.807, 2.05) is 50.2 Å². The number of aromatic nitrogens is 1. The van der Waals surface area contributed by atoms with E-state index in [0.717, 1.165) is 24.5 Å². The predicted octanol–water partition coefficient (Wildman–Crippen LogP) is 4.71. The van der Waals surface area contributed by atoms with Crippen LogP contribution in [0.25, 0.3) is 0 Å². The lowest BCUT2D eigenvalue weighted by Gasteiger charge is -2.26. The zero-order valence-electron chi connectivity index (χ0n) is 14.7. The van der Waals surface area contributed by atoms with Gasteiger partial charge in [0.15, 0.2) is 0 Å². The molecule has 0 aliphatic carbocycles. The molecule has 2 rings (SSSR count). The molecule has 0 saturated carbocycles. The van der Waals surface area contributed by atoms with Gasteiger partial charge in [0.1, 0.15) is 5.75 Å². The summed E-state index contributed by atoms with van der Waals surface area (Å²) in [7, 11) is 0. The van der Waals surface area contributed by atoms with Gasteiger partial charge in [-0.2, -0.15) is 0 Å². The fraction of sp³-hybridized carbons (Fsp3) is 0.400. The van der Waals surface area contributed by atoms with E-state index in [1.54, 1.807) is 17.3 Å². The van der Waals surface area contributed by atoms with E-state index in [2.05, 4.69) is 11.9 Å². The normalized spacial score (nSPS) is 10.7. The van der Waals surface area contributed by atoms with Crippen LogP contribution < -0.4 is 9.64 Å². The Morgan fingerprint density at radius 3 is 2.50 bits per heavy atom. The number of ether oxygens (including phenoxy) is 1. The number of anilines is 1. The lowest BCUT2D eigenvalue weighted by molar-refractivity contribution is 0.0980. The smallest absolute Gasteiger partial charge is 0.258 e. The summed E-state index contributed by atoms with van der Waals surface area (Å²) in [5.41, 5.74) is 1.45. The summed E-state index contributed by atoms with van der Waals surface area (Å²) >= 11 is 0. The first-order valence-corrected chi connectivity index (χ1v) is 8.60.